The van der Waals surface area contributed by atoms with E-state index in [1.165, 1.54) is 96.3 Å². The Kier molecular flexibility index (Phi) is 54.0. The highest BCUT2D eigenvalue weighted by Crippen LogP contribution is 2.14. The van der Waals surface area contributed by atoms with Gasteiger partial charge in [-0.15, -0.1) is 0 Å². The topological polar surface area (TPSA) is 72.8 Å². The Bertz CT molecular complexity index is 1430. The lowest BCUT2D eigenvalue weighted by atomic mass is 10.0. The highest BCUT2D eigenvalue weighted by Gasteiger charge is 2.16. The minimum Gasteiger partial charge on any atom is -0.462 e. The first-order valence-electron chi connectivity index (χ1n) is 27.7. The first-order valence-corrected chi connectivity index (χ1v) is 27.7. The summed E-state index contributed by atoms with van der Waals surface area (Å²) >= 11 is 0. The van der Waals surface area contributed by atoms with Crippen LogP contribution < -0.4 is 0 Å². The normalized spacial score (nSPS) is 13.3. The molecule has 5 heteroatoms. The summed E-state index contributed by atoms with van der Waals surface area (Å²) in [7, 11) is 0. The Morgan fingerprint density at radius 2 is 0.588 bits per heavy atom. The molecule has 0 aliphatic carbocycles. The fourth-order valence-corrected chi connectivity index (χ4v) is 7.35. The molecule has 0 aromatic heterocycles. The Morgan fingerprint density at radius 1 is 0.338 bits per heavy atom. The third-order valence-electron chi connectivity index (χ3n) is 11.4. The van der Waals surface area contributed by atoms with E-state index < -0.39 is 6.10 Å². The van der Waals surface area contributed by atoms with Crippen LogP contribution >= 0.6 is 0 Å². The average molecular weight is 940 g/mol. The number of esters is 2. The number of hydrogen-bond acceptors (Lipinski definition) is 5. The number of rotatable bonds is 49. The smallest absolute Gasteiger partial charge is 0.306 e. The van der Waals surface area contributed by atoms with Crippen molar-refractivity contribution in [1.82, 2.24) is 0 Å². The summed E-state index contributed by atoms with van der Waals surface area (Å²) in [6, 6.07) is 0. The van der Waals surface area contributed by atoms with E-state index in [4.69, 9.17) is 9.47 Å². The molecule has 68 heavy (non-hydrogen) atoms. The summed E-state index contributed by atoms with van der Waals surface area (Å²) in [5.41, 5.74) is 0. The lowest BCUT2D eigenvalue weighted by Gasteiger charge is -2.15. The lowest BCUT2D eigenvalue weighted by molar-refractivity contribution is -0.161. The first-order chi connectivity index (χ1) is 33.6. The Balaban J connectivity index is 3.57. The lowest BCUT2D eigenvalue weighted by Crippen LogP contribution is -2.28. The summed E-state index contributed by atoms with van der Waals surface area (Å²) in [5, 5.41) is 9.66. The predicted molar refractivity (Wildman–Crippen MR) is 297 cm³/mol. The zero-order valence-electron chi connectivity index (χ0n) is 43.8. The van der Waals surface area contributed by atoms with Crippen molar-refractivity contribution in [2.45, 2.75) is 238 Å². The van der Waals surface area contributed by atoms with Crippen LogP contribution in [0, 0.1) is 0 Å². The van der Waals surface area contributed by atoms with Crippen molar-refractivity contribution >= 4 is 11.9 Å². The van der Waals surface area contributed by atoms with E-state index in [1.54, 1.807) is 0 Å². The Hall–Kier alpha value is -3.96. The number of aliphatic hydroxyl groups excluding tert-OH is 1. The molecule has 0 aliphatic heterocycles. The largest absolute Gasteiger partial charge is 0.462 e. The third-order valence-corrected chi connectivity index (χ3v) is 11.4. The molecule has 0 aliphatic rings. The molecule has 5 nitrogen and oxygen atoms in total. The molecule has 0 heterocycles. The molecule has 384 valence electrons. The number of unbranched alkanes of at least 4 members (excludes halogenated alkanes) is 19. The van der Waals surface area contributed by atoms with Gasteiger partial charge in [-0.1, -0.05) is 244 Å². The summed E-state index contributed by atoms with van der Waals surface area (Å²) in [6.07, 6.45) is 85.5. The van der Waals surface area contributed by atoms with Crippen LogP contribution in [0.3, 0.4) is 0 Å². The minimum atomic E-state index is -0.788. The molecule has 0 saturated carbocycles. The number of aliphatic hydroxyl groups is 1. The van der Waals surface area contributed by atoms with Gasteiger partial charge in [0.05, 0.1) is 6.61 Å². The van der Waals surface area contributed by atoms with E-state index >= 15 is 0 Å². The van der Waals surface area contributed by atoms with Crippen LogP contribution in [0.25, 0.3) is 0 Å². The molecule has 0 radical (unpaired) electrons. The molecule has 1 N–H and O–H groups in total. The van der Waals surface area contributed by atoms with Crippen LogP contribution in [-0.4, -0.2) is 36.4 Å². The molecule has 0 spiro atoms. The molecule has 0 rings (SSSR count). The van der Waals surface area contributed by atoms with Crippen molar-refractivity contribution < 1.29 is 24.2 Å². The van der Waals surface area contributed by atoms with Crippen molar-refractivity contribution in [2.75, 3.05) is 13.2 Å². The fraction of sp³-hybridized carbons (Fsp3) is 0.619. The minimum absolute atomic E-state index is 0.0787. The van der Waals surface area contributed by atoms with Crippen molar-refractivity contribution in [3.63, 3.8) is 0 Å². The van der Waals surface area contributed by atoms with Gasteiger partial charge in [-0.3, -0.25) is 9.59 Å². The highest BCUT2D eigenvalue weighted by molar-refractivity contribution is 5.70. The second-order valence-corrected chi connectivity index (χ2v) is 17.9. The van der Waals surface area contributed by atoms with Crippen molar-refractivity contribution in [3.8, 4) is 0 Å². The average Bonchev–Trinajstić information content (AvgIpc) is 3.34. The molecule has 0 saturated heterocycles. The van der Waals surface area contributed by atoms with E-state index in [1.807, 2.05) is 0 Å². The fourth-order valence-electron chi connectivity index (χ4n) is 7.35. The van der Waals surface area contributed by atoms with Crippen LogP contribution in [0.15, 0.2) is 134 Å². The van der Waals surface area contributed by atoms with Gasteiger partial charge in [0.2, 0.25) is 0 Å². The van der Waals surface area contributed by atoms with Gasteiger partial charge in [0.25, 0.3) is 0 Å². The zero-order chi connectivity index (χ0) is 49.2. The number of ether oxygens (including phenoxy) is 2. The maximum absolute atomic E-state index is 12.3. The molecular weight excluding hydrogens is 837 g/mol. The maximum Gasteiger partial charge on any atom is 0.306 e. The second-order valence-electron chi connectivity index (χ2n) is 17.9. The van der Waals surface area contributed by atoms with Gasteiger partial charge in [0.1, 0.15) is 6.61 Å². The summed E-state index contributed by atoms with van der Waals surface area (Å²) in [6.45, 7) is 3.90. The summed E-state index contributed by atoms with van der Waals surface area (Å²) in [4.78, 5) is 24.5. The van der Waals surface area contributed by atoms with Crippen LogP contribution in [0.5, 0.6) is 0 Å². The molecule has 1 unspecified atom stereocenters. The number of carbonyl (C=O) groups is 2. The van der Waals surface area contributed by atoms with Crippen LogP contribution in [0.2, 0.25) is 0 Å². The van der Waals surface area contributed by atoms with Crippen LogP contribution in [-0.2, 0) is 19.1 Å². The number of allylic oxidation sites excluding steroid dienone is 22. The summed E-state index contributed by atoms with van der Waals surface area (Å²) in [5.74, 6) is -0.609. The van der Waals surface area contributed by atoms with Crippen molar-refractivity contribution in [2.24, 2.45) is 0 Å². The molecule has 0 fully saturated rings. The number of hydrogen-bond donors (Lipinski definition) is 1. The molecule has 0 bridgehead atoms. The van der Waals surface area contributed by atoms with E-state index in [0.29, 0.717) is 12.8 Å². The molecule has 0 aromatic carbocycles. The zero-order valence-corrected chi connectivity index (χ0v) is 43.8. The second kappa shape index (κ2) is 57.4. The van der Waals surface area contributed by atoms with Gasteiger partial charge in [-0.2, -0.15) is 0 Å². The van der Waals surface area contributed by atoms with Gasteiger partial charge >= 0.3 is 11.9 Å². The van der Waals surface area contributed by atoms with Gasteiger partial charge < -0.3 is 14.6 Å². The monoisotopic (exact) mass is 939 g/mol. The number of carbonyl (C=O) groups excluding carboxylic acids is 2. The Labute approximate surface area is 419 Å². The standard InChI is InChI=1S/C63H102O5/c1-3-5-7-9-11-13-15-17-19-21-23-25-27-29-30-31-32-34-36-38-40-42-44-46-48-50-52-54-56-58-63(66)68-61(59-64)60-67-62(65)57-55-53-51-49-47-45-43-41-39-37-35-33-28-26-24-22-20-18-16-14-12-10-8-6-4-2/h5-8,11-14,17-20,23-26,29-30,32-35,61,64H,3-4,9-10,15-16,21-22,27-28,31,36-60H2,1-2H3/b7-5-,8-6-,13-11-,14-12-,19-17-,20-18-,25-23-,26-24-,30-29-,34-32-,35-33-. The van der Waals surface area contributed by atoms with E-state index in [0.717, 1.165) is 109 Å². The van der Waals surface area contributed by atoms with Gasteiger partial charge in [-0.05, 0) is 109 Å². The van der Waals surface area contributed by atoms with Crippen LogP contribution in [0.1, 0.15) is 232 Å². The predicted octanol–water partition coefficient (Wildman–Crippen LogP) is 18.9. The third kappa shape index (κ3) is 54.6. The first kappa shape index (κ1) is 64.0. The molecule has 0 amide bonds. The van der Waals surface area contributed by atoms with Crippen LogP contribution in [0.4, 0.5) is 0 Å². The van der Waals surface area contributed by atoms with E-state index in [2.05, 4.69) is 148 Å². The maximum atomic E-state index is 12.3. The van der Waals surface area contributed by atoms with E-state index in [-0.39, 0.29) is 25.2 Å². The SMILES string of the molecule is CC/C=C\C/C=C\C/C=C\C/C=C\C/C=C\C/C=C\CCCCCCCCCCCCC(=O)OC(CO)COC(=O)CCCCCCCCCCC/C=C\C/C=C\C/C=C\C/C=C\C/C=C\CC. The van der Waals surface area contributed by atoms with Gasteiger partial charge in [0.15, 0.2) is 6.10 Å². The highest BCUT2D eigenvalue weighted by atomic mass is 16.6. The van der Waals surface area contributed by atoms with E-state index in [9.17, 15) is 14.7 Å². The molecule has 1 atom stereocenters. The molecule has 0 aromatic rings. The van der Waals surface area contributed by atoms with Gasteiger partial charge in [0, 0.05) is 12.8 Å². The van der Waals surface area contributed by atoms with Gasteiger partial charge in [-0.25, -0.2) is 0 Å². The van der Waals surface area contributed by atoms with Crippen molar-refractivity contribution in [1.29, 1.82) is 0 Å². The quantitative estimate of drug-likeness (QED) is 0.0374. The Morgan fingerprint density at radius 3 is 0.882 bits per heavy atom. The summed E-state index contributed by atoms with van der Waals surface area (Å²) < 4.78 is 10.7. The molecular formula is C63H102O5. The van der Waals surface area contributed by atoms with Crippen molar-refractivity contribution in [3.05, 3.63) is 134 Å².